The molecular formula is C17H19N3O3. The molecule has 0 unspecified atom stereocenters. The van der Waals surface area contributed by atoms with Crippen LogP contribution in [0.4, 0.5) is 5.69 Å². The van der Waals surface area contributed by atoms with Gasteiger partial charge in [0, 0.05) is 0 Å². The van der Waals surface area contributed by atoms with Crippen molar-refractivity contribution in [3.05, 3.63) is 54.5 Å². The molecule has 0 fully saturated rings. The number of anilines is 1. The van der Waals surface area contributed by atoms with Crippen LogP contribution in [0.2, 0.25) is 0 Å². The molecule has 0 saturated heterocycles. The smallest absolute Gasteiger partial charge is 0.259 e. The Balaban J connectivity index is 1.81. The van der Waals surface area contributed by atoms with E-state index in [4.69, 9.17) is 9.15 Å². The Morgan fingerprint density at radius 3 is 2.87 bits per heavy atom. The molecule has 23 heavy (non-hydrogen) atoms. The second kappa shape index (κ2) is 8.43. The number of amides is 1. The largest absolute Gasteiger partial charge is 0.495 e. The van der Waals surface area contributed by atoms with Crippen molar-refractivity contribution >= 4 is 23.4 Å². The van der Waals surface area contributed by atoms with Crippen molar-refractivity contribution in [2.75, 3.05) is 19.0 Å². The van der Waals surface area contributed by atoms with E-state index < -0.39 is 0 Å². The molecule has 0 saturated carbocycles. The molecule has 0 spiro atoms. The van der Waals surface area contributed by atoms with Gasteiger partial charge in [0.05, 0.1) is 31.3 Å². The fourth-order valence-corrected chi connectivity index (χ4v) is 1.78. The number of carbonyl (C=O) groups excluding carboxylic acids is 1. The average molecular weight is 313 g/mol. The van der Waals surface area contributed by atoms with Crippen LogP contribution >= 0.6 is 0 Å². The van der Waals surface area contributed by atoms with Gasteiger partial charge >= 0.3 is 0 Å². The summed E-state index contributed by atoms with van der Waals surface area (Å²) in [6.07, 6.45) is 5.13. The highest BCUT2D eigenvalue weighted by molar-refractivity contribution is 5.96. The number of hydrazone groups is 1. The number of allylic oxidation sites excluding steroid dienone is 1. The molecule has 0 bridgehead atoms. The Hall–Kier alpha value is -3.02. The van der Waals surface area contributed by atoms with Crippen LogP contribution in [0.3, 0.4) is 0 Å². The summed E-state index contributed by atoms with van der Waals surface area (Å²) in [6.45, 7) is 1.88. The molecule has 1 aromatic heterocycles. The van der Waals surface area contributed by atoms with E-state index in [1.165, 1.54) is 0 Å². The minimum absolute atomic E-state index is 0.0963. The molecule has 1 aromatic carbocycles. The van der Waals surface area contributed by atoms with Crippen LogP contribution in [0.25, 0.3) is 6.08 Å². The van der Waals surface area contributed by atoms with Gasteiger partial charge in [-0.2, -0.15) is 5.10 Å². The summed E-state index contributed by atoms with van der Waals surface area (Å²) in [5.74, 6) is 1.16. The third-order valence-electron chi connectivity index (χ3n) is 2.94. The van der Waals surface area contributed by atoms with Gasteiger partial charge in [-0.05, 0) is 43.3 Å². The molecule has 0 atom stereocenters. The summed E-state index contributed by atoms with van der Waals surface area (Å²) in [6, 6.07) is 11.0. The first-order valence-electron chi connectivity index (χ1n) is 7.10. The fraction of sp³-hybridized carbons (Fsp3) is 0.176. The number of furan rings is 1. The molecule has 0 aliphatic heterocycles. The second-order valence-corrected chi connectivity index (χ2v) is 4.69. The van der Waals surface area contributed by atoms with Gasteiger partial charge in [-0.15, -0.1) is 0 Å². The zero-order valence-corrected chi connectivity index (χ0v) is 13.1. The molecule has 0 radical (unpaired) electrons. The first kappa shape index (κ1) is 16.4. The van der Waals surface area contributed by atoms with Crippen molar-refractivity contribution in [2.45, 2.75) is 6.92 Å². The standard InChI is InChI=1S/C17H19N3O3/c1-13(9-10-14-6-5-11-23-14)19-20-17(21)12-18-15-7-3-4-8-16(15)22-2/h3-11,18H,12H2,1-2H3,(H,20,21)/b10-9+,19-13-. The Morgan fingerprint density at radius 2 is 2.13 bits per heavy atom. The van der Waals surface area contributed by atoms with Crippen LogP contribution < -0.4 is 15.5 Å². The zero-order valence-electron chi connectivity index (χ0n) is 13.1. The number of ether oxygens (including phenoxy) is 1. The topological polar surface area (TPSA) is 75.9 Å². The molecule has 0 aliphatic rings. The third kappa shape index (κ3) is 5.35. The minimum Gasteiger partial charge on any atom is -0.495 e. The van der Waals surface area contributed by atoms with E-state index in [-0.39, 0.29) is 12.5 Å². The first-order valence-corrected chi connectivity index (χ1v) is 7.10. The lowest BCUT2D eigenvalue weighted by molar-refractivity contribution is -0.119. The van der Waals surface area contributed by atoms with Crippen LogP contribution in [0.5, 0.6) is 5.75 Å². The van der Waals surface area contributed by atoms with Gasteiger partial charge in [-0.25, -0.2) is 5.43 Å². The maximum atomic E-state index is 11.8. The van der Waals surface area contributed by atoms with Gasteiger partial charge < -0.3 is 14.5 Å². The number of hydrogen-bond acceptors (Lipinski definition) is 5. The number of rotatable bonds is 7. The highest BCUT2D eigenvalue weighted by Gasteiger charge is 2.04. The molecule has 1 heterocycles. The highest BCUT2D eigenvalue weighted by Crippen LogP contribution is 2.22. The zero-order chi connectivity index (χ0) is 16.5. The van der Waals surface area contributed by atoms with Crippen molar-refractivity contribution < 1.29 is 13.9 Å². The van der Waals surface area contributed by atoms with E-state index in [9.17, 15) is 4.79 Å². The second-order valence-electron chi connectivity index (χ2n) is 4.69. The highest BCUT2D eigenvalue weighted by atomic mass is 16.5. The number of carbonyl (C=O) groups is 1. The molecule has 2 rings (SSSR count). The Labute approximate surface area is 134 Å². The summed E-state index contributed by atoms with van der Waals surface area (Å²) in [7, 11) is 1.58. The summed E-state index contributed by atoms with van der Waals surface area (Å²) in [4.78, 5) is 11.8. The van der Waals surface area contributed by atoms with E-state index in [0.717, 1.165) is 11.4 Å². The van der Waals surface area contributed by atoms with Gasteiger partial charge in [-0.1, -0.05) is 12.1 Å². The summed E-state index contributed by atoms with van der Waals surface area (Å²) < 4.78 is 10.4. The number of nitrogens with zero attached hydrogens (tertiary/aromatic N) is 1. The van der Waals surface area contributed by atoms with Gasteiger partial charge in [0.2, 0.25) is 0 Å². The van der Waals surface area contributed by atoms with Gasteiger partial charge in [0.15, 0.2) is 0 Å². The number of methoxy groups -OCH3 is 1. The first-order chi connectivity index (χ1) is 11.2. The predicted molar refractivity (Wildman–Crippen MR) is 90.5 cm³/mol. The Kier molecular flexibility index (Phi) is 5.99. The summed E-state index contributed by atoms with van der Waals surface area (Å²) >= 11 is 0. The third-order valence-corrected chi connectivity index (χ3v) is 2.94. The van der Waals surface area contributed by atoms with E-state index in [1.807, 2.05) is 30.3 Å². The number of hydrogen-bond donors (Lipinski definition) is 2. The van der Waals surface area contributed by atoms with Crippen LogP contribution in [0, 0.1) is 0 Å². The van der Waals surface area contributed by atoms with Crippen molar-refractivity contribution in [3.8, 4) is 5.75 Å². The quantitative estimate of drug-likeness (QED) is 0.609. The molecule has 6 heteroatoms. The van der Waals surface area contributed by atoms with Gasteiger partial charge in [-0.3, -0.25) is 4.79 Å². The van der Waals surface area contributed by atoms with Crippen LogP contribution in [-0.2, 0) is 4.79 Å². The molecule has 2 aromatic rings. The van der Waals surface area contributed by atoms with Crippen molar-refractivity contribution in [1.82, 2.24) is 5.43 Å². The average Bonchev–Trinajstić information content (AvgIpc) is 3.10. The monoisotopic (exact) mass is 313 g/mol. The molecule has 6 nitrogen and oxygen atoms in total. The fourth-order valence-electron chi connectivity index (χ4n) is 1.78. The number of benzene rings is 1. The lowest BCUT2D eigenvalue weighted by atomic mass is 10.3. The minimum atomic E-state index is -0.248. The Bertz CT molecular complexity index is 691. The molecule has 1 amide bonds. The van der Waals surface area contributed by atoms with Gasteiger partial charge in [0.1, 0.15) is 11.5 Å². The molecule has 120 valence electrons. The van der Waals surface area contributed by atoms with Crippen LogP contribution in [0.1, 0.15) is 12.7 Å². The summed E-state index contributed by atoms with van der Waals surface area (Å²) in [5.41, 5.74) is 3.90. The maximum Gasteiger partial charge on any atom is 0.259 e. The van der Waals surface area contributed by atoms with Crippen molar-refractivity contribution in [2.24, 2.45) is 5.10 Å². The Morgan fingerprint density at radius 1 is 1.30 bits per heavy atom. The molecular weight excluding hydrogens is 294 g/mol. The van der Waals surface area contributed by atoms with E-state index in [1.54, 1.807) is 38.5 Å². The summed E-state index contributed by atoms with van der Waals surface area (Å²) in [5, 5.41) is 7.00. The maximum absolute atomic E-state index is 11.8. The SMILES string of the molecule is COc1ccccc1NCC(=O)N/N=C(C)\C=C\c1ccco1. The van der Waals surface area contributed by atoms with Crippen molar-refractivity contribution in [3.63, 3.8) is 0 Å². The normalized spacial score (nSPS) is 11.5. The van der Waals surface area contributed by atoms with Crippen LogP contribution in [-0.4, -0.2) is 25.3 Å². The lowest BCUT2D eigenvalue weighted by Gasteiger charge is -2.09. The molecule has 0 aliphatic carbocycles. The lowest BCUT2D eigenvalue weighted by Crippen LogP contribution is -2.26. The number of nitrogens with one attached hydrogen (secondary N) is 2. The van der Waals surface area contributed by atoms with E-state index >= 15 is 0 Å². The van der Waals surface area contributed by atoms with Gasteiger partial charge in [0.25, 0.3) is 5.91 Å². The van der Waals surface area contributed by atoms with E-state index in [0.29, 0.717) is 11.5 Å². The number of para-hydroxylation sites is 2. The van der Waals surface area contributed by atoms with Crippen LogP contribution in [0.15, 0.2) is 58.3 Å². The molecule has 2 N–H and O–H groups in total. The van der Waals surface area contributed by atoms with Crippen molar-refractivity contribution in [1.29, 1.82) is 0 Å². The van der Waals surface area contributed by atoms with E-state index in [2.05, 4.69) is 15.8 Å². The predicted octanol–water partition coefficient (Wildman–Crippen LogP) is 2.91.